The number of aromatic nitrogens is 1. The van der Waals surface area contributed by atoms with Gasteiger partial charge in [-0.25, -0.2) is 8.42 Å². The fourth-order valence-corrected chi connectivity index (χ4v) is 4.30. The summed E-state index contributed by atoms with van der Waals surface area (Å²) in [5, 5.41) is 3.14. The van der Waals surface area contributed by atoms with E-state index in [0.29, 0.717) is 41.8 Å². The monoisotopic (exact) mass is 432 g/mol. The van der Waals surface area contributed by atoms with Crippen molar-refractivity contribution in [3.05, 3.63) is 60.1 Å². The van der Waals surface area contributed by atoms with E-state index in [-0.39, 0.29) is 21.7 Å². The first-order valence-corrected chi connectivity index (χ1v) is 10.6. The minimum Gasteiger partial charge on any atom is -0.486 e. The summed E-state index contributed by atoms with van der Waals surface area (Å²) in [6, 6.07) is 11.3. The Morgan fingerprint density at radius 2 is 1.93 bits per heavy atom. The second-order valence-corrected chi connectivity index (χ2v) is 8.44. The summed E-state index contributed by atoms with van der Waals surface area (Å²) in [6.45, 7) is 4.70. The zero-order chi connectivity index (χ0) is 20.4. The van der Waals surface area contributed by atoms with Crippen molar-refractivity contribution in [3.63, 3.8) is 0 Å². The third-order valence-electron chi connectivity index (χ3n) is 4.15. The van der Waals surface area contributed by atoms with Gasteiger partial charge in [-0.1, -0.05) is 23.7 Å². The highest BCUT2D eigenvalue weighted by Gasteiger charge is 2.30. The SMILES string of the molecule is C=CCNc1oc(-c2cccc(Cl)c2)nc1S(=O)(=O)c1ccc2c(c1)OCCO2. The summed E-state index contributed by atoms with van der Waals surface area (Å²) in [6.07, 6.45) is 1.59. The van der Waals surface area contributed by atoms with Crippen molar-refractivity contribution in [2.24, 2.45) is 0 Å². The third kappa shape index (κ3) is 3.81. The molecule has 1 aliphatic heterocycles. The van der Waals surface area contributed by atoms with Gasteiger partial charge >= 0.3 is 0 Å². The van der Waals surface area contributed by atoms with E-state index >= 15 is 0 Å². The average Bonchev–Trinajstić information content (AvgIpc) is 3.17. The van der Waals surface area contributed by atoms with Crippen LogP contribution < -0.4 is 14.8 Å². The molecule has 0 fully saturated rings. The number of fused-ring (bicyclic) bond motifs is 1. The summed E-state index contributed by atoms with van der Waals surface area (Å²) < 4.78 is 43.3. The van der Waals surface area contributed by atoms with Crippen LogP contribution in [0.4, 0.5) is 5.88 Å². The molecule has 150 valence electrons. The van der Waals surface area contributed by atoms with Gasteiger partial charge in [0.1, 0.15) is 13.2 Å². The molecule has 0 atom stereocenters. The maximum atomic E-state index is 13.3. The number of benzene rings is 2. The molecule has 0 amide bonds. The van der Waals surface area contributed by atoms with Gasteiger partial charge in [-0.2, -0.15) is 4.98 Å². The molecule has 1 N–H and O–H groups in total. The molecule has 0 unspecified atom stereocenters. The van der Waals surface area contributed by atoms with E-state index in [1.165, 1.54) is 12.1 Å². The van der Waals surface area contributed by atoms with Crippen LogP contribution in [0.25, 0.3) is 11.5 Å². The molecule has 2 aromatic carbocycles. The first-order chi connectivity index (χ1) is 14.0. The van der Waals surface area contributed by atoms with Crippen molar-refractivity contribution in [1.82, 2.24) is 4.98 Å². The molecule has 9 heteroatoms. The molecular formula is C20H17ClN2O5S. The van der Waals surface area contributed by atoms with Gasteiger partial charge in [0.05, 0.1) is 4.90 Å². The van der Waals surface area contributed by atoms with E-state index in [4.69, 9.17) is 25.5 Å². The standard InChI is InChI=1S/C20H17ClN2O5S/c1-2-8-22-19-20(23-18(28-19)13-4-3-5-14(21)11-13)29(24,25)15-6-7-16-17(12-15)27-10-9-26-16/h2-7,11-12,22H,1,8-10H2. The van der Waals surface area contributed by atoms with E-state index in [2.05, 4.69) is 16.9 Å². The normalized spacial score (nSPS) is 13.1. The Morgan fingerprint density at radius 3 is 2.69 bits per heavy atom. The summed E-state index contributed by atoms with van der Waals surface area (Å²) in [7, 11) is -4.00. The second kappa shape index (κ2) is 7.81. The smallest absolute Gasteiger partial charge is 0.234 e. The van der Waals surface area contributed by atoms with Crippen molar-refractivity contribution >= 4 is 27.3 Å². The predicted molar refractivity (Wildman–Crippen MR) is 109 cm³/mol. The van der Waals surface area contributed by atoms with Crippen molar-refractivity contribution in [1.29, 1.82) is 0 Å². The number of ether oxygens (including phenoxy) is 2. The minimum absolute atomic E-state index is 0.0225. The molecular weight excluding hydrogens is 416 g/mol. The van der Waals surface area contributed by atoms with E-state index in [1.54, 1.807) is 36.4 Å². The third-order valence-corrected chi connectivity index (χ3v) is 6.05. The van der Waals surface area contributed by atoms with Crippen LogP contribution in [0.5, 0.6) is 11.5 Å². The minimum atomic E-state index is -4.00. The maximum absolute atomic E-state index is 13.3. The van der Waals surface area contributed by atoms with Crippen molar-refractivity contribution < 1.29 is 22.3 Å². The van der Waals surface area contributed by atoms with Crippen molar-refractivity contribution in [2.45, 2.75) is 9.92 Å². The molecule has 2 heterocycles. The maximum Gasteiger partial charge on any atom is 0.234 e. The van der Waals surface area contributed by atoms with Crippen LogP contribution in [0, 0.1) is 0 Å². The van der Waals surface area contributed by atoms with Crippen LogP contribution in [-0.4, -0.2) is 33.2 Å². The molecule has 3 aromatic rings. The fourth-order valence-electron chi connectivity index (χ4n) is 2.81. The predicted octanol–water partition coefficient (Wildman–Crippen LogP) is 4.20. The van der Waals surface area contributed by atoms with Crippen LogP contribution in [0.2, 0.25) is 5.02 Å². The van der Waals surface area contributed by atoms with Gasteiger partial charge in [0, 0.05) is 23.2 Å². The molecule has 7 nitrogen and oxygen atoms in total. The Kier molecular flexibility index (Phi) is 5.21. The summed E-state index contributed by atoms with van der Waals surface area (Å²) in [5.41, 5.74) is 0.558. The van der Waals surface area contributed by atoms with Gasteiger partial charge in [0.2, 0.25) is 26.6 Å². The fraction of sp³-hybridized carbons (Fsp3) is 0.150. The number of oxazole rings is 1. The molecule has 0 bridgehead atoms. The Bertz CT molecular complexity index is 1170. The molecule has 0 spiro atoms. The van der Waals surface area contributed by atoms with Crippen LogP contribution in [-0.2, 0) is 9.84 Å². The Hall–Kier alpha value is -2.97. The lowest BCUT2D eigenvalue weighted by Crippen LogP contribution is -2.16. The Labute approximate surface area is 172 Å². The first kappa shape index (κ1) is 19.4. The van der Waals surface area contributed by atoms with E-state index in [9.17, 15) is 8.42 Å². The average molecular weight is 433 g/mol. The van der Waals surface area contributed by atoms with E-state index < -0.39 is 9.84 Å². The van der Waals surface area contributed by atoms with Gasteiger partial charge in [0.15, 0.2) is 11.5 Å². The molecule has 0 saturated carbocycles. The zero-order valence-electron chi connectivity index (χ0n) is 15.2. The Balaban J connectivity index is 1.80. The highest BCUT2D eigenvalue weighted by molar-refractivity contribution is 7.91. The van der Waals surface area contributed by atoms with Crippen LogP contribution in [0.1, 0.15) is 0 Å². The van der Waals surface area contributed by atoms with Gasteiger partial charge in [-0.05, 0) is 30.3 Å². The number of hydrogen-bond donors (Lipinski definition) is 1. The number of nitrogens with zero attached hydrogens (tertiary/aromatic N) is 1. The number of nitrogens with one attached hydrogen (secondary N) is 1. The van der Waals surface area contributed by atoms with E-state index in [1.807, 2.05) is 0 Å². The largest absolute Gasteiger partial charge is 0.486 e. The van der Waals surface area contributed by atoms with Crippen LogP contribution in [0.3, 0.4) is 0 Å². The van der Waals surface area contributed by atoms with Gasteiger partial charge < -0.3 is 19.2 Å². The number of anilines is 1. The molecule has 4 rings (SSSR count). The van der Waals surface area contributed by atoms with Crippen LogP contribution in [0.15, 0.2) is 69.5 Å². The van der Waals surface area contributed by atoms with Crippen molar-refractivity contribution in [2.75, 3.05) is 25.1 Å². The van der Waals surface area contributed by atoms with Gasteiger partial charge in [-0.15, -0.1) is 6.58 Å². The molecule has 1 aliphatic rings. The molecule has 0 saturated heterocycles. The van der Waals surface area contributed by atoms with Gasteiger partial charge in [0.25, 0.3) is 0 Å². The van der Waals surface area contributed by atoms with Crippen molar-refractivity contribution in [3.8, 4) is 23.0 Å². The topological polar surface area (TPSA) is 90.7 Å². The number of halogens is 1. The summed E-state index contributed by atoms with van der Waals surface area (Å²) in [5.74, 6) is 1.03. The molecule has 0 radical (unpaired) electrons. The Morgan fingerprint density at radius 1 is 1.14 bits per heavy atom. The van der Waals surface area contributed by atoms with Crippen LogP contribution >= 0.6 is 11.6 Å². The second-order valence-electron chi connectivity index (χ2n) is 6.14. The molecule has 29 heavy (non-hydrogen) atoms. The quantitative estimate of drug-likeness (QED) is 0.584. The lowest BCUT2D eigenvalue weighted by molar-refractivity contribution is 0.171. The van der Waals surface area contributed by atoms with Gasteiger partial charge in [-0.3, -0.25) is 0 Å². The molecule has 1 aromatic heterocycles. The highest BCUT2D eigenvalue weighted by Crippen LogP contribution is 2.37. The number of sulfone groups is 1. The molecule has 0 aliphatic carbocycles. The number of rotatable bonds is 6. The summed E-state index contributed by atoms with van der Waals surface area (Å²) >= 11 is 6.04. The lowest BCUT2D eigenvalue weighted by atomic mass is 10.2. The highest BCUT2D eigenvalue weighted by atomic mass is 35.5. The number of hydrogen-bond acceptors (Lipinski definition) is 7. The summed E-state index contributed by atoms with van der Waals surface area (Å²) in [4.78, 5) is 4.28. The zero-order valence-corrected chi connectivity index (χ0v) is 16.8. The lowest BCUT2D eigenvalue weighted by Gasteiger charge is -2.18. The first-order valence-electron chi connectivity index (χ1n) is 8.75. The van der Waals surface area contributed by atoms with E-state index in [0.717, 1.165) is 0 Å².